The molecular formula is C6H10ClNO2. The maximum Gasteiger partial charge on any atom is 0.333 e. The summed E-state index contributed by atoms with van der Waals surface area (Å²) in [6, 6.07) is 0. The van der Waals surface area contributed by atoms with Crippen LogP contribution >= 0.6 is 12.4 Å². The fourth-order valence-corrected chi connectivity index (χ4v) is 0.241. The quantitative estimate of drug-likeness (QED) is 0.386. The second-order valence-corrected chi connectivity index (χ2v) is 1.58. The summed E-state index contributed by atoms with van der Waals surface area (Å²) in [6.45, 7) is 4.95. The first-order valence-corrected chi connectivity index (χ1v) is 2.50. The number of esters is 1. The Balaban J connectivity index is 0. The highest BCUT2D eigenvalue weighted by molar-refractivity contribution is 5.87. The fourth-order valence-electron chi connectivity index (χ4n) is 0.241. The number of ether oxygens (including phenoxy) is 1. The standard InChI is InChI=1S/C6H9NO2.ClH/c1-5(2)6(8)9-4-3-7;/h3,7H,1,4H2,2H3;1H. The number of hydrogen-bond acceptors (Lipinski definition) is 3. The molecule has 0 aliphatic carbocycles. The highest BCUT2D eigenvalue weighted by Gasteiger charge is 1.99. The van der Waals surface area contributed by atoms with E-state index in [4.69, 9.17) is 5.41 Å². The van der Waals surface area contributed by atoms with E-state index in [1.807, 2.05) is 0 Å². The Morgan fingerprint density at radius 2 is 2.30 bits per heavy atom. The van der Waals surface area contributed by atoms with E-state index in [1.165, 1.54) is 0 Å². The van der Waals surface area contributed by atoms with Crippen LogP contribution < -0.4 is 0 Å². The molecule has 0 rings (SSSR count). The SMILES string of the molecule is C=C(C)C(=O)OCC=N.Cl. The lowest BCUT2D eigenvalue weighted by Gasteiger charge is -1.97. The third-order valence-electron chi connectivity index (χ3n) is 0.646. The molecule has 0 aliphatic rings. The van der Waals surface area contributed by atoms with Crippen LogP contribution in [0.25, 0.3) is 0 Å². The predicted octanol–water partition coefficient (Wildman–Crippen LogP) is 1.18. The molecule has 10 heavy (non-hydrogen) atoms. The predicted molar refractivity (Wildman–Crippen MR) is 41.8 cm³/mol. The summed E-state index contributed by atoms with van der Waals surface area (Å²) in [4.78, 5) is 10.5. The van der Waals surface area contributed by atoms with Crippen molar-refractivity contribution in [2.75, 3.05) is 6.61 Å². The lowest BCUT2D eigenvalue weighted by atomic mass is 10.4. The van der Waals surface area contributed by atoms with Gasteiger partial charge in [0.2, 0.25) is 0 Å². The smallest absolute Gasteiger partial charge is 0.333 e. The van der Waals surface area contributed by atoms with E-state index in [9.17, 15) is 4.79 Å². The number of rotatable bonds is 3. The first kappa shape index (κ1) is 11.9. The average Bonchev–Trinajstić information content (AvgIpc) is 1.82. The maximum absolute atomic E-state index is 10.5. The normalized spacial score (nSPS) is 7.30. The zero-order chi connectivity index (χ0) is 7.28. The van der Waals surface area contributed by atoms with Gasteiger partial charge in [0.1, 0.15) is 6.61 Å². The summed E-state index contributed by atoms with van der Waals surface area (Å²) in [5, 5.41) is 6.51. The van der Waals surface area contributed by atoms with Gasteiger partial charge >= 0.3 is 5.97 Å². The molecule has 0 saturated heterocycles. The van der Waals surface area contributed by atoms with Crippen LogP contribution in [-0.4, -0.2) is 18.8 Å². The van der Waals surface area contributed by atoms with Crippen LogP contribution in [-0.2, 0) is 9.53 Å². The summed E-state index contributed by atoms with van der Waals surface area (Å²) >= 11 is 0. The van der Waals surface area contributed by atoms with Gasteiger partial charge in [-0.2, -0.15) is 0 Å². The van der Waals surface area contributed by atoms with E-state index in [0.717, 1.165) is 6.21 Å². The molecule has 0 aromatic rings. The van der Waals surface area contributed by atoms with Crippen molar-refractivity contribution in [1.82, 2.24) is 0 Å². The summed E-state index contributed by atoms with van der Waals surface area (Å²) in [7, 11) is 0. The van der Waals surface area contributed by atoms with Crippen LogP contribution in [0.5, 0.6) is 0 Å². The lowest BCUT2D eigenvalue weighted by Crippen LogP contribution is -2.06. The molecule has 0 aromatic heterocycles. The van der Waals surface area contributed by atoms with Crippen LogP contribution in [0.3, 0.4) is 0 Å². The Hall–Kier alpha value is -0.830. The van der Waals surface area contributed by atoms with Gasteiger partial charge in [-0.15, -0.1) is 12.4 Å². The van der Waals surface area contributed by atoms with Gasteiger partial charge in [-0.25, -0.2) is 4.79 Å². The van der Waals surface area contributed by atoms with Gasteiger partial charge in [0, 0.05) is 11.8 Å². The van der Waals surface area contributed by atoms with Crippen LogP contribution in [0.2, 0.25) is 0 Å². The average molecular weight is 164 g/mol. The molecule has 0 atom stereocenters. The van der Waals surface area contributed by atoms with Crippen LogP contribution in [0, 0.1) is 5.41 Å². The van der Waals surface area contributed by atoms with Gasteiger partial charge in [0.05, 0.1) is 0 Å². The summed E-state index contributed by atoms with van der Waals surface area (Å²) < 4.78 is 4.47. The van der Waals surface area contributed by atoms with E-state index < -0.39 is 5.97 Å². The minimum absolute atomic E-state index is 0. The molecule has 0 amide bonds. The number of carbonyl (C=O) groups is 1. The third kappa shape index (κ3) is 5.31. The van der Waals surface area contributed by atoms with Gasteiger partial charge in [0.15, 0.2) is 0 Å². The van der Waals surface area contributed by atoms with Gasteiger partial charge in [-0.1, -0.05) is 6.58 Å². The van der Waals surface area contributed by atoms with Crippen molar-refractivity contribution in [3.8, 4) is 0 Å². The molecular weight excluding hydrogens is 154 g/mol. The second kappa shape index (κ2) is 6.29. The summed E-state index contributed by atoms with van der Waals surface area (Å²) in [5.41, 5.74) is 0.358. The largest absolute Gasteiger partial charge is 0.457 e. The first-order chi connectivity index (χ1) is 4.18. The second-order valence-electron chi connectivity index (χ2n) is 1.58. The van der Waals surface area contributed by atoms with Gasteiger partial charge in [0.25, 0.3) is 0 Å². The van der Waals surface area contributed by atoms with Gasteiger partial charge < -0.3 is 10.1 Å². The van der Waals surface area contributed by atoms with Crippen molar-refractivity contribution in [1.29, 1.82) is 5.41 Å². The lowest BCUT2D eigenvalue weighted by molar-refractivity contribution is -0.137. The minimum atomic E-state index is -0.446. The van der Waals surface area contributed by atoms with Crippen LogP contribution in [0.1, 0.15) is 6.92 Å². The molecule has 0 heterocycles. The van der Waals surface area contributed by atoms with Crippen LogP contribution in [0.4, 0.5) is 0 Å². The Morgan fingerprint density at radius 1 is 1.80 bits per heavy atom. The molecule has 4 heteroatoms. The van der Waals surface area contributed by atoms with E-state index >= 15 is 0 Å². The van der Waals surface area contributed by atoms with Crippen LogP contribution in [0.15, 0.2) is 12.2 Å². The van der Waals surface area contributed by atoms with Gasteiger partial charge in [-0.3, -0.25) is 0 Å². The monoisotopic (exact) mass is 163 g/mol. The number of hydrogen-bond donors (Lipinski definition) is 1. The molecule has 58 valence electrons. The van der Waals surface area contributed by atoms with Gasteiger partial charge in [-0.05, 0) is 6.92 Å². The third-order valence-corrected chi connectivity index (χ3v) is 0.646. The first-order valence-electron chi connectivity index (χ1n) is 2.50. The molecule has 0 unspecified atom stereocenters. The highest BCUT2D eigenvalue weighted by Crippen LogP contribution is 1.89. The molecule has 0 spiro atoms. The summed E-state index contributed by atoms with van der Waals surface area (Å²) in [5.74, 6) is -0.446. The molecule has 1 N–H and O–H groups in total. The zero-order valence-electron chi connectivity index (χ0n) is 5.72. The molecule has 0 aliphatic heterocycles. The van der Waals surface area contributed by atoms with E-state index in [1.54, 1.807) is 6.92 Å². The number of nitrogens with one attached hydrogen (secondary N) is 1. The van der Waals surface area contributed by atoms with Crippen molar-refractivity contribution in [3.05, 3.63) is 12.2 Å². The molecule has 0 bridgehead atoms. The van der Waals surface area contributed by atoms with Crippen molar-refractivity contribution in [2.24, 2.45) is 0 Å². The fraction of sp³-hybridized carbons (Fsp3) is 0.333. The molecule has 0 radical (unpaired) electrons. The molecule has 0 aromatic carbocycles. The van der Waals surface area contributed by atoms with Crippen molar-refractivity contribution in [2.45, 2.75) is 6.92 Å². The van der Waals surface area contributed by atoms with E-state index in [2.05, 4.69) is 11.3 Å². The van der Waals surface area contributed by atoms with E-state index in [-0.39, 0.29) is 19.0 Å². The zero-order valence-corrected chi connectivity index (χ0v) is 6.53. The van der Waals surface area contributed by atoms with Crippen molar-refractivity contribution < 1.29 is 9.53 Å². The Kier molecular flexibility index (Phi) is 7.49. The van der Waals surface area contributed by atoms with E-state index in [0.29, 0.717) is 5.57 Å². The Morgan fingerprint density at radius 3 is 2.60 bits per heavy atom. The molecule has 3 nitrogen and oxygen atoms in total. The summed E-state index contributed by atoms with van der Waals surface area (Å²) in [6.07, 6.45) is 1.01. The number of halogens is 1. The van der Waals surface area contributed by atoms with Crippen molar-refractivity contribution >= 4 is 24.6 Å². The topological polar surface area (TPSA) is 50.2 Å². The highest BCUT2D eigenvalue weighted by atomic mass is 35.5. The molecule has 0 fully saturated rings. The minimum Gasteiger partial charge on any atom is -0.457 e. The maximum atomic E-state index is 10.5. The Bertz CT molecular complexity index is 145. The Labute approximate surface area is 66.0 Å². The van der Waals surface area contributed by atoms with Crippen molar-refractivity contribution in [3.63, 3.8) is 0 Å². The number of carbonyl (C=O) groups excluding carboxylic acids is 1. The molecule has 0 saturated carbocycles.